The number of nitrogens with zero attached hydrogens (tertiary/aromatic N) is 1. The first-order valence-corrected chi connectivity index (χ1v) is 7.72. The van der Waals surface area contributed by atoms with Crippen LogP contribution in [0.25, 0.3) is 0 Å². The highest BCUT2D eigenvalue weighted by Crippen LogP contribution is 2.17. The number of likely N-dealkylation sites (tertiary alicyclic amines) is 1. The molecule has 2 N–H and O–H groups in total. The van der Waals surface area contributed by atoms with Crippen molar-refractivity contribution in [1.82, 2.24) is 4.90 Å². The van der Waals surface area contributed by atoms with E-state index in [2.05, 4.69) is 0 Å². The number of benzene rings is 1. The van der Waals surface area contributed by atoms with Crippen LogP contribution < -0.4 is 5.73 Å². The number of piperidine rings is 1. The van der Waals surface area contributed by atoms with Crippen molar-refractivity contribution in [3.63, 3.8) is 0 Å². The molecule has 0 aliphatic carbocycles. The van der Waals surface area contributed by atoms with Crippen molar-refractivity contribution in [1.29, 1.82) is 0 Å². The molecule has 1 atom stereocenters. The van der Waals surface area contributed by atoms with Gasteiger partial charge in [0.1, 0.15) is 6.04 Å². The molecule has 124 valence electrons. The minimum atomic E-state index is -0.601. The third-order valence-corrected chi connectivity index (χ3v) is 3.94. The Bertz CT molecular complexity index is 607. The fourth-order valence-corrected chi connectivity index (χ4v) is 2.91. The molecule has 0 aromatic heterocycles. The van der Waals surface area contributed by atoms with E-state index >= 15 is 0 Å². The molecule has 0 radical (unpaired) electrons. The zero-order valence-corrected chi connectivity index (χ0v) is 13.5. The molecule has 1 fully saturated rings. The van der Waals surface area contributed by atoms with Crippen molar-refractivity contribution in [2.45, 2.75) is 39.2 Å². The highest BCUT2D eigenvalue weighted by molar-refractivity contribution is 5.92. The number of ether oxygens (including phenoxy) is 1. The summed E-state index contributed by atoms with van der Waals surface area (Å²) < 4.78 is 5.10. The lowest BCUT2D eigenvalue weighted by Gasteiger charge is -2.33. The molecular formula is C17H22N2O4. The van der Waals surface area contributed by atoms with Crippen LogP contribution in [0.3, 0.4) is 0 Å². The lowest BCUT2D eigenvalue weighted by molar-refractivity contribution is -0.143. The Labute approximate surface area is 135 Å². The van der Waals surface area contributed by atoms with Gasteiger partial charge in [-0.2, -0.15) is 0 Å². The molecule has 2 amide bonds. The van der Waals surface area contributed by atoms with Crippen LogP contribution in [0.15, 0.2) is 18.2 Å². The summed E-state index contributed by atoms with van der Waals surface area (Å²) in [7, 11) is 0. The Kier molecular flexibility index (Phi) is 5.36. The fourth-order valence-electron chi connectivity index (χ4n) is 2.91. The summed E-state index contributed by atoms with van der Waals surface area (Å²) in [5, 5.41) is 0. The second-order valence-corrected chi connectivity index (χ2v) is 5.95. The molecule has 1 aromatic rings. The smallest absolute Gasteiger partial charge is 0.338 e. The molecule has 0 saturated carbocycles. The van der Waals surface area contributed by atoms with E-state index in [4.69, 9.17) is 10.5 Å². The van der Waals surface area contributed by atoms with E-state index in [0.29, 0.717) is 18.5 Å². The van der Waals surface area contributed by atoms with Crippen LogP contribution in [0.5, 0.6) is 0 Å². The van der Waals surface area contributed by atoms with Gasteiger partial charge in [0.15, 0.2) is 6.61 Å². The van der Waals surface area contributed by atoms with Gasteiger partial charge in [-0.25, -0.2) is 4.79 Å². The van der Waals surface area contributed by atoms with Gasteiger partial charge in [0, 0.05) is 6.54 Å². The average Bonchev–Trinajstić information content (AvgIpc) is 2.51. The first-order valence-electron chi connectivity index (χ1n) is 7.72. The number of amides is 2. The third kappa shape index (κ3) is 4.31. The molecule has 1 aliphatic rings. The van der Waals surface area contributed by atoms with Gasteiger partial charge in [0.25, 0.3) is 5.91 Å². The van der Waals surface area contributed by atoms with E-state index in [1.54, 1.807) is 12.1 Å². The minimum absolute atomic E-state index is 0.379. The molecular weight excluding hydrogens is 296 g/mol. The maximum Gasteiger partial charge on any atom is 0.338 e. The molecule has 0 unspecified atom stereocenters. The van der Waals surface area contributed by atoms with Crippen LogP contribution in [0.1, 0.15) is 40.7 Å². The SMILES string of the molecule is Cc1cc(C)cc(C(=O)OCC(=O)N2CCCC[C@@H]2C(N)=O)c1. The monoisotopic (exact) mass is 318 g/mol. The molecule has 1 saturated heterocycles. The number of rotatable bonds is 4. The van der Waals surface area contributed by atoms with Crippen LogP contribution >= 0.6 is 0 Å². The van der Waals surface area contributed by atoms with Crippen molar-refractivity contribution in [2.24, 2.45) is 5.73 Å². The molecule has 1 aliphatic heterocycles. The second-order valence-electron chi connectivity index (χ2n) is 5.95. The van der Waals surface area contributed by atoms with Gasteiger partial charge in [-0.1, -0.05) is 17.2 Å². The quantitative estimate of drug-likeness (QED) is 0.848. The standard InChI is InChI=1S/C17H22N2O4/c1-11-7-12(2)9-13(8-11)17(22)23-10-15(20)19-6-4-3-5-14(19)16(18)21/h7-9,14H,3-6,10H2,1-2H3,(H2,18,21)/t14-/m1/s1. The minimum Gasteiger partial charge on any atom is -0.452 e. The van der Waals surface area contributed by atoms with Crippen LogP contribution in [0.2, 0.25) is 0 Å². The summed E-state index contributed by atoms with van der Waals surface area (Å²) in [6, 6.07) is 4.78. The Morgan fingerprint density at radius 3 is 2.43 bits per heavy atom. The number of nitrogens with two attached hydrogens (primary N) is 1. The van der Waals surface area contributed by atoms with Crippen molar-refractivity contribution in [2.75, 3.05) is 13.2 Å². The molecule has 0 spiro atoms. The van der Waals surface area contributed by atoms with Crippen LogP contribution in [-0.4, -0.2) is 41.9 Å². The Balaban J connectivity index is 1.97. The summed E-state index contributed by atoms with van der Waals surface area (Å²) >= 11 is 0. The summed E-state index contributed by atoms with van der Waals surface area (Å²) in [6.07, 6.45) is 2.24. The summed E-state index contributed by atoms with van der Waals surface area (Å²) in [5.74, 6) is -1.44. The second kappa shape index (κ2) is 7.26. The zero-order valence-electron chi connectivity index (χ0n) is 13.5. The van der Waals surface area contributed by atoms with Crippen LogP contribution in [-0.2, 0) is 14.3 Å². The zero-order chi connectivity index (χ0) is 17.0. The van der Waals surface area contributed by atoms with Gasteiger partial charge >= 0.3 is 5.97 Å². The summed E-state index contributed by atoms with van der Waals surface area (Å²) in [4.78, 5) is 37.1. The third-order valence-electron chi connectivity index (χ3n) is 3.94. The summed E-state index contributed by atoms with van der Waals surface area (Å²) in [6.45, 7) is 3.86. The van der Waals surface area contributed by atoms with Gasteiger partial charge in [0.2, 0.25) is 5.91 Å². The number of carbonyl (C=O) groups excluding carboxylic acids is 3. The molecule has 2 rings (SSSR count). The van der Waals surface area contributed by atoms with E-state index < -0.39 is 17.9 Å². The highest BCUT2D eigenvalue weighted by atomic mass is 16.5. The largest absolute Gasteiger partial charge is 0.452 e. The molecule has 1 heterocycles. The molecule has 6 heteroatoms. The first-order chi connectivity index (χ1) is 10.9. The molecule has 23 heavy (non-hydrogen) atoms. The van der Waals surface area contributed by atoms with Crippen molar-refractivity contribution < 1.29 is 19.1 Å². The Hall–Kier alpha value is -2.37. The number of hydrogen-bond acceptors (Lipinski definition) is 4. The van der Waals surface area contributed by atoms with E-state index in [9.17, 15) is 14.4 Å². The topological polar surface area (TPSA) is 89.7 Å². The average molecular weight is 318 g/mol. The van der Waals surface area contributed by atoms with Crippen molar-refractivity contribution in [3.8, 4) is 0 Å². The van der Waals surface area contributed by atoms with Crippen LogP contribution in [0.4, 0.5) is 0 Å². The van der Waals surface area contributed by atoms with E-state index in [-0.39, 0.29) is 12.5 Å². The molecule has 0 bridgehead atoms. The normalized spacial score (nSPS) is 17.7. The first kappa shape index (κ1) is 17.0. The van der Waals surface area contributed by atoms with E-state index in [0.717, 1.165) is 24.0 Å². The predicted octanol–water partition coefficient (Wildman–Crippen LogP) is 1.33. The number of primary amides is 1. The number of hydrogen-bond donors (Lipinski definition) is 1. The van der Waals surface area contributed by atoms with E-state index in [1.165, 1.54) is 4.90 Å². The predicted molar refractivity (Wildman–Crippen MR) is 84.7 cm³/mol. The summed E-state index contributed by atoms with van der Waals surface area (Å²) in [5.41, 5.74) is 7.66. The van der Waals surface area contributed by atoms with Gasteiger partial charge in [0.05, 0.1) is 5.56 Å². The van der Waals surface area contributed by atoms with E-state index in [1.807, 2.05) is 19.9 Å². The maximum absolute atomic E-state index is 12.2. The fraction of sp³-hybridized carbons (Fsp3) is 0.471. The lowest BCUT2D eigenvalue weighted by atomic mass is 10.0. The highest BCUT2D eigenvalue weighted by Gasteiger charge is 2.31. The van der Waals surface area contributed by atoms with Gasteiger partial charge in [-0.15, -0.1) is 0 Å². The number of carbonyl (C=O) groups is 3. The van der Waals surface area contributed by atoms with Crippen molar-refractivity contribution >= 4 is 17.8 Å². The lowest BCUT2D eigenvalue weighted by Crippen LogP contribution is -2.51. The number of esters is 1. The molecule has 6 nitrogen and oxygen atoms in total. The van der Waals surface area contributed by atoms with Gasteiger partial charge in [-0.05, 0) is 45.2 Å². The molecule has 1 aromatic carbocycles. The Morgan fingerprint density at radius 1 is 1.17 bits per heavy atom. The maximum atomic E-state index is 12.2. The van der Waals surface area contributed by atoms with Gasteiger partial charge in [-0.3, -0.25) is 9.59 Å². The van der Waals surface area contributed by atoms with Crippen molar-refractivity contribution in [3.05, 3.63) is 34.9 Å². The Morgan fingerprint density at radius 2 is 1.83 bits per heavy atom. The van der Waals surface area contributed by atoms with Crippen LogP contribution in [0, 0.1) is 13.8 Å². The van der Waals surface area contributed by atoms with Gasteiger partial charge < -0.3 is 15.4 Å². The number of aryl methyl sites for hydroxylation is 2.